The molecule has 2 N–H and O–H groups in total. The Balaban J connectivity index is 2.13. The van der Waals surface area contributed by atoms with E-state index in [1.165, 1.54) is 16.9 Å². The summed E-state index contributed by atoms with van der Waals surface area (Å²) in [6, 6.07) is 4.48. The Morgan fingerprint density at radius 3 is 3.00 bits per heavy atom. The van der Waals surface area contributed by atoms with Gasteiger partial charge >= 0.3 is 0 Å². The lowest BCUT2D eigenvalue weighted by atomic mass is 10.1. The van der Waals surface area contributed by atoms with Crippen LogP contribution in [0.3, 0.4) is 0 Å². The zero-order valence-corrected chi connectivity index (χ0v) is 11.6. The highest BCUT2D eigenvalue weighted by molar-refractivity contribution is 9.10. The Morgan fingerprint density at radius 1 is 1.47 bits per heavy atom. The molecule has 0 aliphatic rings. The van der Waals surface area contributed by atoms with Crippen LogP contribution in [0, 0.1) is 5.82 Å². The van der Waals surface area contributed by atoms with E-state index in [-0.39, 0.29) is 17.9 Å². The fourth-order valence-corrected chi connectivity index (χ4v) is 2.02. The standard InChI is InChI=1S/C12H12BrFN4O/c13-9-1-2-10(14)8(5-9)6-12(19)11-7-18(4-3-15)17-16-11/h1-2,5,7H,3-4,6,15H2. The minimum Gasteiger partial charge on any atom is -0.329 e. The van der Waals surface area contributed by atoms with Crippen molar-refractivity contribution in [3.8, 4) is 0 Å². The molecule has 1 heterocycles. The average Bonchev–Trinajstić information content (AvgIpc) is 2.83. The lowest BCUT2D eigenvalue weighted by Crippen LogP contribution is -2.10. The number of nitrogens with two attached hydrogens (primary N) is 1. The molecule has 5 nitrogen and oxygen atoms in total. The van der Waals surface area contributed by atoms with Crippen molar-refractivity contribution in [2.45, 2.75) is 13.0 Å². The number of carbonyl (C=O) groups is 1. The summed E-state index contributed by atoms with van der Waals surface area (Å²) in [5.74, 6) is -0.689. The highest BCUT2D eigenvalue weighted by Crippen LogP contribution is 2.17. The van der Waals surface area contributed by atoms with E-state index < -0.39 is 5.82 Å². The van der Waals surface area contributed by atoms with Crippen LogP contribution in [-0.2, 0) is 13.0 Å². The minimum atomic E-state index is -0.411. The highest BCUT2D eigenvalue weighted by Gasteiger charge is 2.14. The zero-order chi connectivity index (χ0) is 13.8. The second kappa shape index (κ2) is 6.03. The first-order valence-corrected chi connectivity index (χ1v) is 6.47. The van der Waals surface area contributed by atoms with Crippen LogP contribution in [0.25, 0.3) is 0 Å². The van der Waals surface area contributed by atoms with Crippen molar-refractivity contribution >= 4 is 21.7 Å². The first kappa shape index (κ1) is 13.8. The van der Waals surface area contributed by atoms with Crippen LogP contribution in [0.2, 0.25) is 0 Å². The van der Waals surface area contributed by atoms with E-state index in [9.17, 15) is 9.18 Å². The van der Waals surface area contributed by atoms with Gasteiger partial charge in [0.2, 0.25) is 0 Å². The Morgan fingerprint density at radius 2 is 2.26 bits per heavy atom. The van der Waals surface area contributed by atoms with Crippen LogP contribution in [-0.4, -0.2) is 27.3 Å². The summed E-state index contributed by atoms with van der Waals surface area (Å²) >= 11 is 3.24. The van der Waals surface area contributed by atoms with Crippen molar-refractivity contribution in [3.63, 3.8) is 0 Å². The topological polar surface area (TPSA) is 73.8 Å². The molecular formula is C12H12BrFN4O. The van der Waals surface area contributed by atoms with Crippen LogP contribution >= 0.6 is 15.9 Å². The molecule has 0 radical (unpaired) electrons. The predicted molar refractivity (Wildman–Crippen MR) is 71.2 cm³/mol. The number of benzene rings is 1. The Bertz CT molecular complexity index is 599. The number of halogens is 2. The molecule has 7 heteroatoms. The molecule has 100 valence electrons. The van der Waals surface area contributed by atoms with Gasteiger partial charge in [0.05, 0.1) is 12.7 Å². The molecule has 0 aliphatic heterocycles. The summed E-state index contributed by atoms with van der Waals surface area (Å²) in [7, 11) is 0. The molecule has 1 aromatic carbocycles. The Kier molecular flexibility index (Phi) is 4.39. The molecule has 19 heavy (non-hydrogen) atoms. The number of rotatable bonds is 5. The number of aromatic nitrogens is 3. The predicted octanol–water partition coefficient (Wildman–Crippen LogP) is 1.56. The summed E-state index contributed by atoms with van der Waals surface area (Å²) in [6.45, 7) is 0.906. The van der Waals surface area contributed by atoms with Gasteiger partial charge in [0.25, 0.3) is 0 Å². The Hall–Kier alpha value is -1.60. The fourth-order valence-electron chi connectivity index (χ4n) is 1.61. The molecule has 0 aliphatic carbocycles. The molecule has 0 unspecified atom stereocenters. The lowest BCUT2D eigenvalue weighted by Gasteiger charge is -2.01. The van der Waals surface area contributed by atoms with Crippen molar-refractivity contribution in [1.82, 2.24) is 15.0 Å². The third kappa shape index (κ3) is 3.45. The molecule has 0 atom stereocenters. The SMILES string of the molecule is NCCn1cc(C(=O)Cc2cc(Br)ccc2F)nn1. The maximum absolute atomic E-state index is 13.5. The molecule has 0 bridgehead atoms. The van der Waals surface area contributed by atoms with Crippen LogP contribution in [0.1, 0.15) is 16.1 Å². The summed E-state index contributed by atoms with van der Waals surface area (Å²) < 4.78 is 15.8. The third-order valence-corrected chi connectivity index (χ3v) is 3.03. The second-order valence-corrected chi connectivity index (χ2v) is 4.91. The summed E-state index contributed by atoms with van der Waals surface area (Å²) in [5, 5.41) is 7.53. The fraction of sp³-hybridized carbons (Fsp3) is 0.250. The molecule has 0 saturated carbocycles. The van der Waals surface area contributed by atoms with E-state index in [0.717, 1.165) is 4.47 Å². The smallest absolute Gasteiger partial charge is 0.189 e. The number of carbonyl (C=O) groups excluding carboxylic acids is 1. The summed E-state index contributed by atoms with van der Waals surface area (Å²) in [4.78, 5) is 12.0. The largest absolute Gasteiger partial charge is 0.329 e. The third-order valence-electron chi connectivity index (χ3n) is 2.54. The molecule has 0 saturated heterocycles. The van der Waals surface area contributed by atoms with E-state index >= 15 is 0 Å². The number of hydrogen-bond donors (Lipinski definition) is 1. The maximum atomic E-state index is 13.5. The van der Waals surface area contributed by atoms with E-state index in [1.54, 1.807) is 12.1 Å². The van der Waals surface area contributed by atoms with E-state index in [2.05, 4.69) is 26.2 Å². The first-order chi connectivity index (χ1) is 9.10. The number of nitrogens with zero attached hydrogens (tertiary/aromatic N) is 3. The maximum Gasteiger partial charge on any atom is 0.189 e. The highest BCUT2D eigenvalue weighted by atomic mass is 79.9. The molecule has 1 aromatic heterocycles. The van der Waals surface area contributed by atoms with Gasteiger partial charge in [0, 0.05) is 17.4 Å². The van der Waals surface area contributed by atoms with E-state index in [4.69, 9.17) is 5.73 Å². The summed E-state index contributed by atoms with van der Waals surface area (Å²) in [6.07, 6.45) is 1.47. The van der Waals surface area contributed by atoms with E-state index in [0.29, 0.717) is 18.7 Å². The molecule has 0 fully saturated rings. The molecular weight excluding hydrogens is 315 g/mol. The van der Waals surface area contributed by atoms with Gasteiger partial charge in [-0.2, -0.15) is 0 Å². The van der Waals surface area contributed by atoms with Gasteiger partial charge in [-0.1, -0.05) is 21.1 Å². The van der Waals surface area contributed by atoms with Gasteiger partial charge in [-0.3, -0.25) is 9.48 Å². The van der Waals surface area contributed by atoms with Gasteiger partial charge in [-0.15, -0.1) is 5.10 Å². The number of hydrogen-bond acceptors (Lipinski definition) is 4. The number of ketones is 1. The van der Waals surface area contributed by atoms with Crippen molar-refractivity contribution in [3.05, 3.63) is 45.9 Å². The van der Waals surface area contributed by atoms with Gasteiger partial charge in [0.15, 0.2) is 5.78 Å². The normalized spacial score (nSPS) is 10.7. The van der Waals surface area contributed by atoms with Crippen LogP contribution in [0.4, 0.5) is 4.39 Å². The molecule has 0 spiro atoms. The van der Waals surface area contributed by atoms with Crippen molar-refractivity contribution in [1.29, 1.82) is 0 Å². The molecule has 2 rings (SSSR count). The van der Waals surface area contributed by atoms with Crippen LogP contribution in [0.15, 0.2) is 28.9 Å². The number of Topliss-reactive ketones (excluding diaryl/α,β-unsaturated/α-hetero) is 1. The van der Waals surface area contributed by atoms with Crippen molar-refractivity contribution in [2.24, 2.45) is 5.73 Å². The average molecular weight is 327 g/mol. The van der Waals surface area contributed by atoms with Crippen molar-refractivity contribution in [2.75, 3.05) is 6.54 Å². The van der Waals surface area contributed by atoms with Gasteiger partial charge in [-0.25, -0.2) is 4.39 Å². The minimum absolute atomic E-state index is 0.0490. The Labute approximate surface area is 117 Å². The summed E-state index contributed by atoms with van der Waals surface area (Å²) in [5.41, 5.74) is 5.92. The van der Waals surface area contributed by atoms with E-state index in [1.807, 2.05) is 0 Å². The monoisotopic (exact) mass is 326 g/mol. The lowest BCUT2D eigenvalue weighted by molar-refractivity contribution is 0.0987. The zero-order valence-electron chi connectivity index (χ0n) is 10.0. The van der Waals surface area contributed by atoms with Crippen molar-refractivity contribution < 1.29 is 9.18 Å². The van der Waals surface area contributed by atoms with Gasteiger partial charge in [-0.05, 0) is 23.8 Å². The second-order valence-electron chi connectivity index (χ2n) is 3.99. The van der Waals surface area contributed by atoms with Gasteiger partial charge < -0.3 is 5.73 Å². The molecule has 0 amide bonds. The quantitative estimate of drug-likeness (QED) is 0.846. The molecule has 2 aromatic rings. The van der Waals surface area contributed by atoms with Gasteiger partial charge in [0.1, 0.15) is 11.5 Å². The van der Waals surface area contributed by atoms with Crippen LogP contribution in [0.5, 0.6) is 0 Å². The first-order valence-electron chi connectivity index (χ1n) is 5.67. The van der Waals surface area contributed by atoms with Crippen LogP contribution < -0.4 is 5.73 Å².